The molecule has 0 radical (unpaired) electrons. The minimum absolute atomic E-state index is 0.00440. The molecule has 0 heterocycles. The molecule has 2 amide bonds. The average molecular weight is 299 g/mol. The number of urea groups is 1. The number of rotatable bonds is 7. The highest BCUT2D eigenvalue weighted by Crippen LogP contribution is 2.24. The van der Waals surface area contributed by atoms with Crippen LogP contribution in [0.2, 0.25) is 0 Å². The monoisotopic (exact) mass is 299 g/mol. The molecule has 1 aliphatic rings. The summed E-state index contributed by atoms with van der Waals surface area (Å²) in [5.41, 5.74) is 0. The fourth-order valence-corrected chi connectivity index (χ4v) is 2.79. The Morgan fingerprint density at radius 1 is 1.24 bits per heavy atom. The summed E-state index contributed by atoms with van der Waals surface area (Å²) in [6.07, 6.45) is 3.97. The molecule has 122 valence electrons. The molecular weight excluding hydrogens is 270 g/mol. The SMILES string of the molecule is CCN(CCCN(C)C)C(=O)NC1CCCC(C(=O)O)C1. The Balaban J connectivity index is 2.40. The van der Waals surface area contributed by atoms with Crippen molar-refractivity contribution in [1.82, 2.24) is 15.1 Å². The highest BCUT2D eigenvalue weighted by molar-refractivity contribution is 5.75. The Hall–Kier alpha value is -1.30. The number of nitrogens with one attached hydrogen (secondary N) is 1. The van der Waals surface area contributed by atoms with E-state index in [-0.39, 0.29) is 18.0 Å². The maximum absolute atomic E-state index is 12.2. The van der Waals surface area contributed by atoms with Gasteiger partial charge in [0.05, 0.1) is 5.92 Å². The normalized spacial score (nSPS) is 22.1. The quantitative estimate of drug-likeness (QED) is 0.749. The highest BCUT2D eigenvalue weighted by Gasteiger charge is 2.28. The van der Waals surface area contributed by atoms with Gasteiger partial charge in [-0.25, -0.2) is 4.79 Å². The molecule has 1 rings (SSSR count). The molecule has 0 aliphatic heterocycles. The Morgan fingerprint density at radius 3 is 2.52 bits per heavy atom. The molecule has 21 heavy (non-hydrogen) atoms. The van der Waals surface area contributed by atoms with Crippen LogP contribution >= 0.6 is 0 Å². The van der Waals surface area contributed by atoms with Crippen molar-refractivity contribution in [1.29, 1.82) is 0 Å². The van der Waals surface area contributed by atoms with Crippen LogP contribution in [0.1, 0.15) is 39.0 Å². The number of hydrogen-bond acceptors (Lipinski definition) is 3. The van der Waals surface area contributed by atoms with Crippen molar-refractivity contribution >= 4 is 12.0 Å². The van der Waals surface area contributed by atoms with E-state index < -0.39 is 5.97 Å². The molecule has 0 bridgehead atoms. The van der Waals surface area contributed by atoms with Crippen LogP contribution in [-0.2, 0) is 4.79 Å². The summed E-state index contributed by atoms with van der Waals surface area (Å²) in [5, 5.41) is 12.1. The van der Waals surface area contributed by atoms with Gasteiger partial charge in [-0.1, -0.05) is 6.42 Å². The zero-order chi connectivity index (χ0) is 15.8. The number of carbonyl (C=O) groups is 2. The predicted octanol–water partition coefficient (Wildman–Crippen LogP) is 1.61. The summed E-state index contributed by atoms with van der Waals surface area (Å²) in [6.45, 7) is 4.33. The third-order valence-electron chi connectivity index (χ3n) is 4.05. The van der Waals surface area contributed by atoms with E-state index in [2.05, 4.69) is 10.2 Å². The maximum atomic E-state index is 12.2. The fourth-order valence-electron chi connectivity index (χ4n) is 2.79. The summed E-state index contributed by atoms with van der Waals surface area (Å²) in [4.78, 5) is 27.2. The number of hydrogen-bond donors (Lipinski definition) is 2. The predicted molar refractivity (Wildman–Crippen MR) is 82.3 cm³/mol. The second-order valence-corrected chi connectivity index (χ2v) is 6.08. The van der Waals surface area contributed by atoms with Gasteiger partial charge in [0.1, 0.15) is 0 Å². The van der Waals surface area contributed by atoms with Crippen LogP contribution in [0.25, 0.3) is 0 Å². The first-order valence-electron chi connectivity index (χ1n) is 7.87. The molecule has 1 fully saturated rings. The van der Waals surface area contributed by atoms with Crippen molar-refractivity contribution in [3.05, 3.63) is 0 Å². The van der Waals surface area contributed by atoms with E-state index >= 15 is 0 Å². The van der Waals surface area contributed by atoms with Crippen LogP contribution in [0.4, 0.5) is 4.79 Å². The van der Waals surface area contributed by atoms with Gasteiger partial charge in [-0.05, 0) is 53.2 Å². The first-order valence-corrected chi connectivity index (χ1v) is 7.87. The summed E-state index contributed by atoms with van der Waals surface area (Å²) >= 11 is 0. The van der Waals surface area contributed by atoms with Gasteiger partial charge in [-0.15, -0.1) is 0 Å². The lowest BCUT2D eigenvalue weighted by Gasteiger charge is -2.30. The molecule has 1 aliphatic carbocycles. The molecule has 2 unspecified atom stereocenters. The number of amides is 2. The molecule has 2 N–H and O–H groups in total. The van der Waals surface area contributed by atoms with Crippen LogP contribution in [0.3, 0.4) is 0 Å². The van der Waals surface area contributed by atoms with Crippen molar-refractivity contribution in [3.63, 3.8) is 0 Å². The van der Waals surface area contributed by atoms with Gasteiger partial charge in [0, 0.05) is 19.1 Å². The lowest BCUT2D eigenvalue weighted by atomic mass is 9.86. The molecule has 0 aromatic heterocycles. The Bertz CT molecular complexity index is 347. The number of carboxylic acids is 1. The summed E-state index contributed by atoms with van der Waals surface area (Å²) < 4.78 is 0. The van der Waals surface area contributed by atoms with E-state index in [0.717, 1.165) is 38.8 Å². The van der Waals surface area contributed by atoms with Crippen LogP contribution in [0, 0.1) is 5.92 Å². The van der Waals surface area contributed by atoms with E-state index in [1.165, 1.54) is 0 Å². The Kier molecular flexibility index (Phi) is 7.50. The van der Waals surface area contributed by atoms with Gasteiger partial charge in [0.2, 0.25) is 0 Å². The largest absolute Gasteiger partial charge is 0.481 e. The second kappa shape index (κ2) is 8.87. The summed E-state index contributed by atoms with van der Waals surface area (Å²) in [7, 11) is 4.04. The van der Waals surface area contributed by atoms with Crippen molar-refractivity contribution in [3.8, 4) is 0 Å². The number of nitrogens with zero attached hydrogens (tertiary/aromatic N) is 2. The third kappa shape index (κ3) is 6.33. The van der Waals surface area contributed by atoms with Crippen molar-refractivity contribution in [2.75, 3.05) is 33.7 Å². The van der Waals surface area contributed by atoms with Gasteiger partial charge in [-0.2, -0.15) is 0 Å². The van der Waals surface area contributed by atoms with Crippen LogP contribution in [-0.4, -0.2) is 66.7 Å². The van der Waals surface area contributed by atoms with Gasteiger partial charge in [-0.3, -0.25) is 4.79 Å². The standard InChI is InChI=1S/C15H29N3O3/c1-4-18(10-6-9-17(2)3)15(21)16-13-8-5-7-12(11-13)14(19)20/h12-13H,4-11H2,1-3H3,(H,16,21)(H,19,20). The lowest BCUT2D eigenvalue weighted by Crippen LogP contribution is -2.47. The summed E-state index contributed by atoms with van der Waals surface area (Å²) in [6, 6.07) is -0.0671. The average Bonchev–Trinajstić information content (AvgIpc) is 2.43. The fraction of sp³-hybridized carbons (Fsp3) is 0.867. The molecule has 0 saturated heterocycles. The van der Waals surface area contributed by atoms with E-state index in [1.807, 2.05) is 21.0 Å². The first kappa shape index (κ1) is 17.8. The molecule has 1 saturated carbocycles. The number of aliphatic carboxylic acids is 1. The smallest absolute Gasteiger partial charge is 0.317 e. The Labute approximate surface area is 127 Å². The third-order valence-corrected chi connectivity index (χ3v) is 4.05. The molecule has 6 nitrogen and oxygen atoms in total. The van der Waals surface area contributed by atoms with Gasteiger partial charge >= 0.3 is 12.0 Å². The number of carbonyl (C=O) groups excluding carboxylic acids is 1. The highest BCUT2D eigenvalue weighted by atomic mass is 16.4. The Morgan fingerprint density at radius 2 is 1.95 bits per heavy atom. The summed E-state index contributed by atoms with van der Waals surface area (Å²) in [5.74, 6) is -1.06. The van der Waals surface area contributed by atoms with E-state index in [0.29, 0.717) is 13.0 Å². The molecule has 2 atom stereocenters. The van der Waals surface area contributed by atoms with Crippen molar-refractivity contribution in [2.45, 2.75) is 45.1 Å². The van der Waals surface area contributed by atoms with E-state index in [9.17, 15) is 9.59 Å². The van der Waals surface area contributed by atoms with Gasteiger partial charge < -0.3 is 20.2 Å². The molecule has 0 aromatic rings. The van der Waals surface area contributed by atoms with Gasteiger partial charge in [0.15, 0.2) is 0 Å². The van der Waals surface area contributed by atoms with Crippen molar-refractivity contribution < 1.29 is 14.7 Å². The van der Waals surface area contributed by atoms with Crippen molar-refractivity contribution in [2.24, 2.45) is 5.92 Å². The minimum Gasteiger partial charge on any atom is -0.481 e. The van der Waals surface area contributed by atoms with Gasteiger partial charge in [0.25, 0.3) is 0 Å². The van der Waals surface area contributed by atoms with E-state index in [1.54, 1.807) is 4.90 Å². The van der Waals surface area contributed by atoms with Crippen LogP contribution in [0.15, 0.2) is 0 Å². The zero-order valence-electron chi connectivity index (χ0n) is 13.5. The molecular formula is C15H29N3O3. The molecule has 0 spiro atoms. The second-order valence-electron chi connectivity index (χ2n) is 6.08. The topological polar surface area (TPSA) is 72.9 Å². The van der Waals surface area contributed by atoms with Crippen LogP contribution < -0.4 is 5.32 Å². The zero-order valence-corrected chi connectivity index (χ0v) is 13.5. The minimum atomic E-state index is -0.743. The number of carboxylic acid groups (broad SMARTS) is 1. The lowest BCUT2D eigenvalue weighted by molar-refractivity contribution is -0.143. The van der Waals surface area contributed by atoms with Crippen LogP contribution in [0.5, 0.6) is 0 Å². The molecule has 6 heteroatoms. The maximum Gasteiger partial charge on any atom is 0.317 e. The molecule has 0 aromatic carbocycles. The van der Waals surface area contributed by atoms with E-state index in [4.69, 9.17) is 5.11 Å². The first-order chi connectivity index (χ1) is 9.93.